The largest absolute Gasteiger partial charge is 0.347 e. The van der Waals surface area contributed by atoms with E-state index in [1.54, 1.807) is 10.6 Å². The Morgan fingerprint density at radius 3 is 2.78 bits per heavy atom. The van der Waals surface area contributed by atoms with E-state index in [1.807, 2.05) is 20.0 Å². The van der Waals surface area contributed by atoms with E-state index in [4.69, 9.17) is 4.98 Å². The summed E-state index contributed by atoms with van der Waals surface area (Å²) in [7, 11) is 0. The first kappa shape index (κ1) is 20.4. The quantitative estimate of drug-likeness (QED) is 0.522. The third kappa shape index (κ3) is 3.79. The molecule has 1 atom stereocenters. The summed E-state index contributed by atoms with van der Waals surface area (Å²) in [6.07, 6.45) is 8.76. The van der Waals surface area contributed by atoms with E-state index in [0.717, 1.165) is 41.0 Å². The fourth-order valence-electron chi connectivity index (χ4n) is 4.35. The van der Waals surface area contributed by atoms with Crippen LogP contribution in [0.5, 0.6) is 0 Å². The van der Waals surface area contributed by atoms with Crippen molar-refractivity contribution in [3.63, 3.8) is 0 Å². The van der Waals surface area contributed by atoms with Crippen LogP contribution in [0.15, 0.2) is 42.9 Å². The normalized spacial score (nSPS) is 15.7. The molecule has 32 heavy (non-hydrogen) atoms. The van der Waals surface area contributed by atoms with Gasteiger partial charge in [-0.2, -0.15) is 0 Å². The van der Waals surface area contributed by atoms with Crippen molar-refractivity contribution in [2.45, 2.75) is 53.1 Å². The Hall–Kier alpha value is -3.48. The zero-order valence-electron chi connectivity index (χ0n) is 18.8. The number of hydrogen-bond donors (Lipinski definition) is 1. The summed E-state index contributed by atoms with van der Waals surface area (Å²) in [5.74, 6) is 2.30. The van der Waals surface area contributed by atoms with E-state index in [1.165, 1.54) is 12.2 Å². The van der Waals surface area contributed by atoms with Crippen molar-refractivity contribution in [2.75, 3.05) is 0 Å². The Balaban J connectivity index is 1.30. The Kier molecular flexibility index (Phi) is 5.25. The lowest BCUT2D eigenvalue weighted by Crippen LogP contribution is -2.25. The van der Waals surface area contributed by atoms with Gasteiger partial charge in [-0.1, -0.05) is 38.1 Å². The van der Waals surface area contributed by atoms with Crippen LogP contribution in [0.3, 0.4) is 0 Å². The number of fused-ring (bicyclic) bond motifs is 2. The highest BCUT2D eigenvalue weighted by molar-refractivity contribution is 5.94. The number of carbonyl (C=O) groups excluding carboxylic acids is 1. The molecular formula is C25H28N6O. The molecule has 0 fully saturated rings. The molecule has 1 unspecified atom stereocenters. The predicted octanol–water partition coefficient (Wildman–Crippen LogP) is 3.98. The molecule has 1 aliphatic rings. The van der Waals surface area contributed by atoms with Gasteiger partial charge in [0.2, 0.25) is 5.78 Å². The van der Waals surface area contributed by atoms with Crippen LogP contribution in [-0.2, 0) is 25.9 Å². The van der Waals surface area contributed by atoms with Crippen LogP contribution < -0.4 is 5.32 Å². The molecule has 4 aromatic rings. The number of aryl methyl sites for hydroxylation is 3. The summed E-state index contributed by atoms with van der Waals surface area (Å²) < 4.78 is 4.06. The average Bonchev–Trinajstić information content (AvgIpc) is 3.38. The maximum atomic E-state index is 13.0. The summed E-state index contributed by atoms with van der Waals surface area (Å²) in [5, 5.41) is 3.04. The third-order valence-electron chi connectivity index (χ3n) is 6.19. The second-order valence-electron chi connectivity index (χ2n) is 8.78. The SMILES string of the molecule is CCc1nc2ncc(C)cn2c1C(=O)NCc1ccc(-c2cn3c(n2)CC(C)CC3)cc1. The number of rotatable bonds is 5. The number of nitrogens with one attached hydrogen (secondary N) is 1. The fourth-order valence-corrected chi connectivity index (χ4v) is 4.35. The molecule has 0 spiro atoms. The van der Waals surface area contributed by atoms with Gasteiger partial charge >= 0.3 is 0 Å². The highest BCUT2D eigenvalue weighted by Crippen LogP contribution is 2.25. The van der Waals surface area contributed by atoms with Gasteiger partial charge < -0.3 is 9.88 Å². The average molecular weight is 429 g/mol. The first-order valence-electron chi connectivity index (χ1n) is 11.3. The molecule has 4 heterocycles. The maximum absolute atomic E-state index is 13.0. The van der Waals surface area contributed by atoms with Crippen LogP contribution in [0.2, 0.25) is 0 Å². The van der Waals surface area contributed by atoms with Gasteiger partial charge in [0.25, 0.3) is 5.91 Å². The second kappa shape index (κ2) is 8.22. The molecule has 1 aromatic carbocycles. The van der Waals surface area contributed by atoms with Crippen LogP contribution in [-0.4, -0.2) is 29.8 Å². The van der Waals surface area contributed by atoms with Crippen molar-refractivity contribution in [1.29, 1.82) is 0 Å². The molecule has 0 aliphatic carbocycles. The van der Waals surface area contributed by atoms with Gasteiger partial charge in [0.1, 0.15) is 11.5 Å². The molecule has 5 rings (SSSR count). The van der Waals surface area contributed by atoms with Crippen molar-refractivity contribution >= 4 is 11.7 Å². The van der Waals surface area contributed by atoms with Gasteiger partial charge in [0.05, 0.1) is 11.4 Å². The van der Waals surface area contributed by atoms with Gasteiger partial charge in [0.15, 0.2) is 0 Å². The molecule has 0 saturated carbocycles. The minimum Gasteiger partial charge on any atom is -0.347 e. The van der Waals surface area contributed by atoms with Gasteiger partial charge in [-0.25, -0.2) is 15.0 Å². The molecule has 1 amide bonds. The highest BCUT2D eigenvalue weighted by atomic mass is 16.1. The molecular weight excluding hydrogens is 400 g/mol. The van der Waals surface area contributed by atoms with Crippen molar-refractivity contribution in [1.82, 2.24) is 29.2 Å². The third-order valence-corrected chi connectivity index (χ3v) is 6.19. The van der Waals surface area contributed by atoms with Gasteiger partial charge in [0, 0.05) is 43.7 Å². The topological polar surface area (TPSA) is 77.1 Å². The van der Waals surface area contributed by atoms with Gasteiger partial charge in [-0.05, 0) is 36.8 Å². The zero-order valence-corrected chi connectivity index (χ0v) is 18.8. The summed E-state index contributed by atoms with van der Waals surface area (Å²) in [4.78, 5) is 26.7. The summed E-state index contributed by atoms with van der Waals surface area (Å²) in [5.41, 5.74) is 5.47. The second-order valence-corrected chi connectivity index (χ2v) is 8.78. The van der Waals surface area contributed by atoms with Crippen molar-refractivity contribution in [3.8, 4) is 11.3 Å². The molecule has 7 heteroatoms. The van der Waals surface area contributed by atoms with Gasteiger partial charge in [-0.3, -0.25) is 9.20 Å². The van der Waals surface area contributed by atoms with Crippen LogP contribution >= 0.6 is 0 Å². The first-order valence-corrected chi connectivity index (χ1v) is 11.3. The van der Waals surface area contributed by atoms with Crippen molar-refractivity contribution in [3.05, 3.63) is 71.2 Å². The molecule has 1 N–H and O–H groups in total. The number of benzene rings is 1. The number of hydrogen-bond acceptors (Lipinski definition) is 4. The number of imidazole rings is 2. The van der Waals surface area contributed by atoms with E-state index in [2.05, 4.69) is 57.2 Å². The molecule has 7 nitrogen and oxygen atoms in total. The highest BCUT2D eigenvalue weighted by Gasteiger charge is 2.20. The van der Waals surface area contributed by atoms with E-state index < -0.39 is 0 Å². The minimum absolute atomic E-state index is 0.137. The van der Waals surface area contributed by atoms with Crippen LogP contribution in [0.25, 0.3) is 17.0 Å². The zero-order chi connectivity index (χ0) is 22.2. The summed E-state index contributed by atoms with van der Waals surface area (Å²) >= 11 is 0. The number of amides is 1. The smallest absolute Gasteiger partial charge is 0.270 e. The van der Waals surface area contributed by atoms with Crippen LogP contribution in [0.4, 0.5) is 0 Å². The van der Waals surface area contributed by atoms with E-state index in [-0.39, 0.29) is 5.91 Å². The fraction of sp³-hybridized carbons (Fsp3) is 0.360. The van der Waals surface area contributed by atoms with E-state index >= 15 is 0 Å². The van der Waals surface area contributed by atoms with Crippen molar-refractivity contribution in [2.24, 2.45) is 5.92 Å². The monoisotopic (exact) mass is 428 g/mol. The Morgan fingerprint density at radius 2 is 2.00 bits per heavy atom. The minimum atomic E-state index is -0.137. The molecule has 0 bridgehead atoms. The Bertz CT molecular complexity index is 1280. The summed E-state index contributed by atoms with van der Waals surface area (Å²) in [6.45, 7) is 7.74. The van der Waals surface area contributed by atoms with E-state index in [0.29, 0.717) is 30.4 Å². The number of carbonyl (C=O) groups is 1. The molecule has 0 saturated heterocycles. The van der Waals surface area contributed by atoms with Crippen molar-refractivity contribution < 1.29 is 4.79 Å². The summed E-state index contributed by atoms with van der Waals surface area (Å²) in [6, 6.07) is 8.27. The van der Waals surface area contributed by atoms with Gasteiger partial charge in [-0.15, -0.1) is 0 Å². The Morgan fingerprint density at radius 1 is 1.19 bits per heavy atom. The Labute approximate surface area is 187 Å². The standard InChI is InChI=1S/C25H28N6O/c1-4-20-23(31-14-17(3)12-27-25(31)29-20)24(32)26-13-18-5-7-19(8-6-18)21-15-30-10-9-16(2)11-22(30)28-21/h5-8,12,14-16H,4,9-11,13H2,1-3H3,(H,26,32). The molecule has 164 valence electrons. The van der Waals surface area contributed by atoms with Crippen LogP contribution in [0.1, 0.15) is 53.4 Å². The van der Waals surface area contributed by atoms with E-state index in [9.17, 15) is 4.79 Å². The predicted molar refractivity (Wildman–Crippen MR) is 123 cm³/mol. The molecule has 0 radical (unpaired) electrons. The lowest BCUT2D eigenvalue weighted by atomic mass is 10.0. The lowest BCUT2D eigenvalue weighted by molar-refractivity contribution is 0.0944. The number of nitrogens with zero attached hydrogens (tertiary/aromatic N) is 5. The lowest BCUT2D eigenvalue weighted by Gasteiger charge is -2.18. The van der Waals surface area contributed by atoms with Crippen LogP contribution in [0, 0.1) is 12.8 Å². The maximum Gasteiger partial charge on any atom is 0.270 e. The first-order chi connectivity index (χ1) is 15.5. The molecule has 1 aliphatic heterocycles. The number of aromatic nitrogens is 5. The molecule has 3 aromatic heterocycles.